The smallest absolute Gasteiger partial charge is 0.251 e. The van der Waals surface area contributed by atoms with E-state index in [2.05, 4.69) is 5.32 Å². The van der Waals surface area contributed by atoms with E-state index in [1.165, 1.54) is 14.2 Å². The summed E-state index contributed by atoms with van der Waals surface area (Å²) < 4.78 is 20.8. The van der Waals surface area contributed by atoms with Crippen LogP contribution in [0.15, 0.2) is 36.4 Å². The van der Waals surface area contributed by atoms with Gasteiger partial charge in [0.05, 0.1) is 25.8 Å². The molecule has 140 valence electrons. The monoisotopic (exact) mass is 379 g/mol. The van der Waals surface area contributed by atoms with Crippen molar-refractivity contribution in [3.8, 4) is 17.2 Å². The number of carbonyl (C=O) groups excluding carboxylic acids is 1. The number of halogens is 1. The molecule has 0 saturated carbocycles. The quantitative estimate of drug-likeness (QED) is 0.677. The van der Waals surface area contributed by atoms with Crippen LogP contribution in [0.1, 0.15) is 15.9 Å². The molecular weight excluding hydrogens is 358 g/mol. The predicted molar refractivity (Wildman–Crippen MR) is 99.5 cm³/mol. The minimum Gasteiger partial charge on any atom is -0.493 e. The van der Waals surface area contributed by atoms with Gasteiger partial charge in [-0.15, -0.1) is 0 Å². The molecule has 0 spiro atoms. The predicted octanol–water partition coefficient (Wildman–Crippen LogP) is 3.31. The van der Waals surface area contributed by atoms with E-state index in [1.807, 2.05) is 24.3 Å². The second kappa shape index (κ2) is 9.89. The maximum atomic E-state index is 12.4. The molecule has 0 saturated heterocycles. The summed E-state index contributed by atoms with van der Waals surface area (Å²) in [4.78, 5) is 12.4. The second-order valence-electron chi connectivity index (χ2n) is 5.36. The highest BCUT2D eigenvalue weighted by molar-refractivity contribution is 6.32. The van der Waals surface area contributed by atoms with Crippen molar-refractivity contribution in [2.75, 3.05) is 34.5 Å². The molecule has 1 N–H and O–H groups in total. The van der Waals surface area contributed by atoms with Crippen molar-refractivity contribution < 1.29 is 23.7 Å². The summed E-state index contributed by atoms with van der Waals surface area (Å²) in [5.41, 5.74) is 1.34. The topological polar surface area (TPSA) is 66.0 Å². The first-order chi connectivity index (χ1) is 12.6. The molecule has 26 heavy (non-hydrogen) atoms. The van der Waals surface area contributed by atoms with Gasteiger partial charge in [0.25, 0.3) is 5.91 Å². The van der Waals surface area contributed by atoms with Crippen molar-refractivity contribution in [3.05, 3.63) is 52.5 Å². The Morgan fingerprint density at radius 2 is 1.77 bits per heavy atom. The lowest BCUT2D eigenvalue weighted by Gasteiger charge is -2.12. The lowest BCUT2D eigenvalue weighted by Crippen LogP contribution is -2.22. The number of hydrogen-bond donors (Lipinski definition) is 1. The Labute approximate surface area is 158 Å². The average Bonchev–Trinajstić information content (AvgIpc) is 2.66. The van der Waals surface area contributed by atoms with Gasteiger partial charge in [-0.25, -0.2) is 0 Å². The summed E-state index contributed by atoms with van der Waals surface area (Å²) in [6.45, 7) is 1.40. The minimum atomic E-state index is -0.256. The number of rotatable bonds is 9. The molecule has 0 aromatic heterocycles. The molecule has 2 rings (SSSR count). The van der Waals surface area contributed by atoms with Gasteiger partial charge in [0.15, 0.2) is 11.5 Å². The molecule has 0 unspecified atom stereocenters. The Bertz CT molecular complexity index is 733. The summed E-state index contributed by atoms with van der Waals surface area (Å²) in [7, 11) is 4.61. The summed E-state index contributed by atoms with van der Waals surface area (Å²) in [5, 5.41) is 3.16. The Morgan fingerprint density at radius 3 is 2.38 bits per heavy atom. The summed E-state index contributed by atoms with van der Waals surface area (Å²) in [5.74, 6) is 1.30. The van der Waals surface area contributed by atoms with Crippen LogP contribution >= 0.6 is 11.6 Å². The second-order valence-corrected chi connectivity index (χ2v) is 5.77. The number of benzene rings is 2. The van der Waals surface area contributed by atoms with E-state index in [9.17, 15) is 4.79 Å². The van der Waals surface area contributed by atoms with Crippen LogP contribution < -0.4 is 19.5 Å². The first-order valence-electron chi connectivity index (χ1n) is 7.99. The van der Waals surface area contributed by atoms with Gasteiger partial charge in [-0.3, -0.25) is 4.79 Å². The van der Waals surface area contributed by atoms with E-state index < -0.39 is 0 Å². The number of amides is 1. The zero-order valence-corrected chi connectivity index (χ0v) is 15.8. The Hall–Kier alpha value is -2.44. The third kappa shape index (κ3) is 5.28. The van der Waals surface area contributed by atoms with Crippen LogP contribution in [-0.4, -0.2) is 40.5 Å². The number of nitrogens with one attached hydrogen (secondary N) is 1. The third-order valence-corrected chi connectivity index (χ3v) is 3.91. The van der Waals surface area contributed by atoms with E-state index in [0.717, 1.165) is 11.3 Å². The SMILES string of the molecule is COCCOc1ccc(CNC(=O)c2cc(Cl)c(OC)c(OC)c2)cc1. The largest absolute Gasteiger partial charge is 0.493 e. The molecule has 0 atom stereocenters. The van der Waals surface area contributed by atoms with Gasteiger partial charge < -0.3 is 24.3 Å². The molecule has 0 fully saturated rings. The fourth-order valence-corrected chi connectivity index (χ4v) is 2.57. The van der Waals surface area contributed by atoms with Gasteiger partial charge in [0, 0.05) is 19.2 Å². The highest BCUT2D eigenvalue weighted by Gasteiger charge is 2.15. The molecule has 0 radical (unpaired) electrons. The van der Waals surface area contributed by atoms with Crippen LogP contribution in [0.3, 0.4) is 0 Å². The summed E-state index contributed by atoms with van der Waals surface area (Å²) in [6, 6.07) is 10.6. The van der Waals surface area contributed by atoms with E-state index in [4.69, 9.17) is 30.5 Å². The highest BCUT2D eigenvalue weighted by Crippen LogP contribution is 2.35. The van der Waals surface area contributed by atoms with Gasteiger partial charge in [0.2, 0.25) is 0 Å². The Balaban J connectivity index is 1.97. The highest BCUT2D eigenvalue weighted by atomic mass is 35.5. The minimum absolute atomic E-state index is 0.256. The molecule has 0 aliphatic rings. The van der Waals surface area contributed by atoms with Crippen LogP contribution in [0.25, 0.3) is 0 Å². The summed E-state index contributed by atoms with van der Waals surface area (Å²) in [6.07, 6.45) is 0. The first-order valence-corrected chi connectivity index (χ1v) is 8.37. The lowest BCUT2D eigenvalue weighted by molar-refractivity contribution is 0.0950. The van der Waals surface area contributed by atoms with Gasteiger partial charge in [-0.2, -0.15) is 0 Å². The molecule has 2 aromatic carbocycles. The third-order valence-electron chi connectivity index (χ3n) is 3.63. The fourth-order valence-electron chi connectivity index (χ4n) is 2.28. The number of hydrogen-bond acceptors (Lipinski definition) is 5. The normalized spacial score (nSPS) is 10.3. The lowest BCUT2D eigenvalue weighted by atomic mass is 10.1. The van der Waals surface area contributed by atoms with E-state index in [0.29, 0.717) is 41.8 Å². The standard InChI is InChI=1S/C19H22ClNO5/c1-23-8-9-26-15-6-4-13(5-7-15)12-21-19(22)14-10-16(20)18(25-3)17(11-14)24-2/h4-7,10-11H,8-9,12H2,1-3H3,(H,21,22). The van der Waals surface area contributed by atoms with Gasteiger partial charge in [-0.05, 0) is 29.8 Å². The van der Waals surface area contributed by atoms with Crippen LogP contribution in [0.4, 0.5) is 0 Å². The Kier molecular flexibility index (Phi) is 7.56. The van der Waals surface area contributed by atoms with Crippen LogP contribution in [0.2, 0.25) is 5.02 Å². The van der Waals surface area contributed by atoms with Crippen molar-refractivity contribution in [3.63, 3.8) is 0 Å². The van der Waals surface area contributed by atoms with Crippen LogP contribution in [0, 0.1) is 0 Å². The number of ether oxygens (including phenoxy) is 4. The van der Waals surface area contributed by atoms with Crippen LogP contribution in [0.5, 0.6) is 17.2 Å². The Morgan fingerprint density at radius 1 is 1.04 bits per heavy atom. The average molecular weight is 380 g/mol. The zero-order chi connectivity index (χ0) is 18.9. The molecular formula is C19H22ClNO5. The van der Waals surface area contributed by atoms with Crippen LogP contribution in [-0.2, 0) is 11.3 Å². The number of methoxy groups -OCH3 is 3. The van der Waals surface area contributed by atoms with Crippen molar-refractivity contribution in [2.45, 2.75) is 6.54 Å². The maximum Gasteiger partial charge on any atom is 0.251 e. The van der Waals surface area contributed by atoms with Gasteiger partial charge in [-0.1, -0.05) is 23.7 Å². The van der Waals surface area contributed by atoms with E-state index in [1.54, 1.807) is 19.2 Å². The molecule has 0 heterocycles. The first kappa shape index (κ1) is 19.9. The fraction of sp³-hybridized carbons (Fsp3) is 0.316. The molecule has 2 aromatic rings. The van der Waals surface area contributed by atoms with Gasteiger partial charge in [0.1, 0.15) is 12.4 Å². The molecule has 6 nitrogen and oxygen atoms in total. The zero-order valence-electron chi connectivity index (χ0n) is 15.0. The molecule has 0 aliphatic heterocycles. The van der Waals surface area contributed by atoms with Crippen molar-refractivity contribution in [2.24, 2.45) is 0 Å². The number of carbonyl (C=O) groups is 1. The maximum absolute atomic E-state index is 12.4. The van der Waals surface area contributed by atoms with Crippen molar-refractivity contribution in [1.29, 1.82) is 0 Å². The van der Waals surface area contributed by atoms with E-state index in [-0.39, 0.29) is 5.91 Å². The molecule has 1 amide bonds. The van der Waals surface area contributed by atoms with Crippen molar-refractivity contribution >= 4 is 17.5 Å². The molecule has 0 bridgehead atoms. The molecule has 7 heteroatoms. The molecule has 0 aliphatic carbocycles. The van der Waals surface area contributed by atoms with E-state index >= 15 is 0 Å². The summed E-state index contributed by atoms with van der Waals surface area (Å²) >= 11 is 6.14. The van der Waals surface area contributed by atoms with Crippen molar-refractivity contribution in [1.82, 2.24) is 5.32 Å². The van der Waals surface area contributed by atoms with Gasteiger partial charge >= 0.3 is 0 Å².